The van der Waals surface area contributed by atoms with Crippen LogP contribution in [0.5, 0.6) is 5.75 Å². The Hall–Kier alpha value is -2.92. The number of carbonyl (C=O) groups excluding carboxylic acids is 3. The first-order valence-electron chi connectivity index (χ1n) is 8.90. The largest absolute Gasteiger partial charge is 0.508 e. The molecule has 158 valence electrons. The Morgan fingerprint density at radius 1 is 1.13 bits per heavy atom. The average Bonchev–Trinajstić information content (AvgIpc) is 2.72. The Morgan fingerprint density at radius 2 is 1.80 bits per heavy atom. The van der Waals surface area contributed by atoms with E-state index in [9.17, 15) is 19.5 Å². The zero-order chi connectivity index (χ0) is 22.3. The maximum Gasteiger partial charge on any atom is 0.412 e. The quantitative estimate of drug-likeness (QED) is 0.142. The molecule has 0 heterocycles. The number of Topliss-reactive ketones (excluding diaryl/α,β-unsaturated/α-hetero) is 1. The monoisotopic (exact) mass is 524 g/mol. The van der Waals surface area contributed by atoms with Crippen LogP contribution in [-0.2, 0) is 9.53 Å². The van der Waals surface area contributed by atoms with Gasteiger partial charge in [-0.1, -0.05) is 13.0 Å². The highest BCUT2D eigenvalue weighted by Gasteiger charge is 2.25. The highest BCUT2D eigenvalue weighted by Crippen LogP contribution is 2.34. The number of amides is 2. The molecule has 0 spiro atoms. The number of benzene rings is 2. The molecule has 0 fully saturated rings. The lowest BCUT2D eigenvalue weighted by molar-refractivity contribution is -0.124. The van der Waals surface area contributed by atoms with Gasteiger partial charge < -0.3 is 9.84 Å². The second-order valence-corrected chi connectivity index (χ2v) is 7.73. The van der Waals surface area contributed by atoms with Gasteiger partial charge >= 0.3 is 6.09 Å². The van der Waals surface area contributed by atoms with Crippen LogP contribution in [0.25, 0.3) is 0 Å². The number of ketones is 1. The Bertz CT molecular complexity index is 958. The smallest absolute Gasteiger partial charge is 0.412 e. The van der Waals surface area contributed by atoms with Crippen molar-refractivity contribution in [1.82, 2.24) is 5.48 Å². The number of nitrogens with one attached hydrogen (secondary N) is 2. The maximum absolute atomic E-state index is 12.5. The van der Waals surface area contributed by atoms with Gasteiger partial charge in [0.15, 0.2) is 5.78 Å². The molecule has 2 rings (SSSR count). The van der Waals surface area contributed by atoms with E-state index >= 15 is 0 Å². The zero-order valence-electron chi connectivity index (χ0n) is 16.3. The Kier molecular flexibility index (Phi) is 8.36. The fourth-order valence-electron chi connectivity index (χ4n) is 2.64. The van der Waals surface area contributed by atoms with Gasteiger partial charge in [-0.25, -0.2) is 10.3 Å². The van der Waals surface area contributed by atoms with Crippen molar-refractivity contribution in [2.24, 2.45) is 5.92 Å². The number of phenolic OH excluding ortho intramolecular Hbond substituents is 1. The van der Waals surface area contributed by atoms with Crippen LogP contribution in [-0.4, -0.2) is 28.1 Å². The van der Waals surface area contributed by atoms with E-state index in [0.29, 0.717) is 16.8 Å². The number of hydrogen-bond acceptors (Lipinski definition) is 6. The maximum atomic E-state index is 12.5. The van der Waals surface area contributed by atoms with Crippen LogP contribution in [0.1, 0.15) is 35.9 Å². The third-order valence-electron chi connectivity index (χ3n) is 4.21. The van der Waals surface area contributed by atoms with Gasteiger partial charge in [-0.15, -0.1) is 0 Å². The van der Waals surface area contributed by atoms with Gasteiger partial charge in [0.2, 0.25) is 0 Å². The Balaban J connectivity index is 2.24. The number of rotatable bonds is 7. The number of halogens is 1. The fourth-order valence-corrected chi connectivity index (χ4v) is 3.15. The van der Waals surface area contributed by atoms with Crippen LogP contribution >= 0.6 is 22.6 Å². The van der Waals surface area contributed by atoms with Gasteiger partial charge in [0, 0.05) is 32.4 Å². The summed E-state index contributed by atoms with van der Waals surface area (Å²) in [5.74, 6) is -1.41. The van der Waals surface area contributed by atoms with E-state index < -0.39 is 24.0 Å². The lowest BCUT2D eigenvalue weighted by Gasteiger charge is -2.23. The number of aromatic hydroxyl groups is 1. The summed E-state index contributed by atoms with van der Waals surface area (Å²) in [7, 11) is 0. The third kappa shape index (κ3) is 6.56. The van der Waals surface area contributed by atoms with Crippen molar-refractivity contribution in [2.45, 2.75) is 20.0 Å². The summed E-state index contributed by atoms with van der Waals surface area (Å²) in [5.41, 5.74) is 2.79. The summed E-state index contributed by atoms with van der Waals surface area (Å²) < 4.78 is 6.37. The van der Waals surface area contributed by atoms with E-state index in [4.69, 9.17) is 9.94 Å². The Morgan fingerprint density at radius 3 is 2.40 bits per heavy atom. The first-order valence-corrected chi connectivity index (χ1v) is 9.98. The molecule has 0 saturated heterocycles. The predicted molar refractivity (Wildman–Crippen MR) is 118 cm³/mol. The van der Waals surface area contributed by atoms with Crippen LogP contribution in [0.2, 0.25) is 0 Å². The van der Waals surface area contributed by atoms with E-state index in [0.717, 1.165) is 9.65 Å². The molecule has 2 amide bonds. The average molecular weight is 524 g/mol. The van der Waals surface area contributed by atoms with Gasteiger partial charge in [-0.05, 0) is 72.0 Å². The molecule has 0 aromatic heterocycles. The normalized spacial score (nSPS) is 12.8. The molecule has 0 bridgehead atoms. The molecule has 4 N–H and O–H groups in total. The minimum absolute atomic E-state index is 0.0640. The molecular formula is C21H21IN2O6. The Labute approximate surface area is 187 Å². The molecule has 0 radical (unpaired) electrons. The van der Waals surface area contributed by atoms with Crippen molar-refractivity contribution in [3.63, 3.8) is 0 Å². The first-order chi connectivity index (χ1) is 14.2. The molecule has 2 aromatic rings. The van der Waals surface area contributed by atoms with Crippen molar-refractivity contribution in [3.05, 3.63) is 69.3 Å². The third-order valence-corrected chi connectivity index (χ3v) is 4.88. The van der Waals surface area contributed by atoms with Gasteiger partial charge in [0.25, 0.3) is 5.91 Å². The van der Waals surface area contributed by atoms with E-state index in [2.05, 4.69) is 27.9 Å². The van der Waals surface area contributed by atoms with Gasteiger partial charge in [0.05, 0.1) is 0 Å². The first kappa shape index (κ1) is 23.4. The van der Waals surface area contributed by atoms with Gasteiger partial charge in [-0.3, -0.25) is 20.1 Å². The van der Waals surface area contributed by atoms with E-state index in [-0.39, 0.29) is 11.5 Å². The van der Waals surface area contributed by atoms with Crippen molar-refractivity contribution in [1.29, 1.82) is 0 Å². The van der Waals surface area contributed by atoms with Crippen molar-refractivity contribution < 1.29 is 29.4 Å². The van der Waals surface area contributed by atoms with Crippen LogP contribution in [0.4, 0.5) is 10.5 Å². The second kappa shape index (κ2) is 10.7. The van der Waals surface area contributed by atoms with E-state index in [1.165, 1.54) is 24.5 Å². The number of hydrogen-bond donors (Lipinski definition) is 4. The summed E-state index contributed by atoms with van der Waals surface area (Å²) in [6.45, 7) is 3.14. The van der Waals surface area contributed by atoms with Crippen LogP contribution in [0.15, 0.2) is 54.6 Å². The van der Waals surface area contributed by atoms with E-state index in [1.807, 2.05) is 0 Å². The lowest BCUT2D eigenvalue weighted by Crippen LogP contribution is -2.22. The standard InChI is InChI=1S/C21H21IN2O6/c1-12(3-10-19(27)24-29)20(17-11-15(22)6-9-18(17)26)30-21(28)23-16-7-4-14(5-8-16)13(2)25/h3-12,20,26,29H,1-2H3,(H,23,28)(H,24,27)/b10-3+/t12-,20-/m0/s1. The number of ether oxygens (including phenoxy) is 1. The zero-order valence-corrected chi connectivity index (χ0v) is 18.4. The molecule has 0 aliphatic carbocycles. The van der Waals surface area contributed by atoms with Crippen molar-refractivity contribution >= 4 is 46.1 Å². The fraction of sp³-hybridized carbons (Fsp3) is 0.190. The molecule has 9 heteroatoms. The van der Waals surface area contributed by atoms with Gasteiger partial charge in [-0.2, -0.15) is 0 Å². The van der Waals surface area contributed by atoms with Crippen LogP contribution in [0, 0.1) is 9.49 Å². The summed E-state index contributed by atoms with van der Waals surface area (Å²) in [4.78, 5) is 35.1. The molecule has 2 aromatic carbocycles. The van der Waals surface area contributed by atoms with Crippen molar-refractivity contribution in [2.75, 3.05) is 5.32 Å². The number of hydroxylamine groups is 1. The molecule has 0 unspecified atom stereocenters. The SMILES string of the molecule is CC(=O)c1ccc(NC(=O)O[C@H](c2cc(I)ccc2O)[C@@H](C)/C=C/C(=O)NO)cc1. The summed E-state index contributed by atoms with van der Waals surface area (Å²) in [6, 6.07) is 11.2. The highest BCUT2D eigenvalue weighted by atomic mass is 127. The topological polar surface area (TPSA) is 125 Å². The molecule has 30 heavy (non-hydrogen) atoms. The molecule has 0 aliphatic rings. The summed E-state index contributed by atoms with van der Waals surface area (Å²) >= 11 is 2.07. The summed E-state index contributed by atoms with van der Waals surface area (Å²) in [6.07, 6.45) is 0.856. The predicted octanol–water partition coefficient (Wildman–Crippen LogP) is 4.19. The minimum Gasteiger partial charge on any atom is -0.508 e. The molecule has 0 aliphatic heterocycles. The van der Waals surface area contributed by atoms with Crippen LogP contribution in [0.3, 0.4) is 0 Å². The molecule has 8 nitrogen and oxygen atoms in total. The van der Waals surface area contributed by atoms with Crippen LogP contribution < -0.4 is 10.8 Å². The number of phenols is 1. The minimum atomic E-state index is -0.918. The summed E-state index contributed by atoms with van der Waals surface area (Å²) in [5, 5.41) is 21.5. The van der Waals surface area contributed by atoms with Gasteiger partial charge in [0.1, 0.15) is 11.9 Å². The van der Waals surface area contributed by atoms with Crippen molar-refractivity contribution in [3.8, 4) is 5.75 Å². The second-order valence-electron chi connectivity index (χ2n) is 6.48. The molecular weight excluding hydrogens is 503 g/mol. The number of carbonyl (C=O) groups is 3. The molecule has 0 saturated carbocycles. The number of anilines is 1. The van der Waals surface area contributed by atoms with E-state index in [1.54, 1.807) is 43.3 Å². The molecule has 2 atom stereocenters. The lowest BCUT2D eigenvalue weighted by atomic mass is 9.96. The highest BCUT2D eigenvalue weighted by molar-refractivity contribution is 14.1.